The van der Waals surface area contributed by atoms with E-state index in [2.05, 4.69) is 29.7 Å². The molecule has 0 aliphatic rings. The zero-order valence-electron chi connectivity index (χ0n) is 16.4. The Morgan fingerprint density at radius 3 is 2.11 bits per heavy atom. The molecule has 2 aromatic carbocycles. The molecule has 0 bridgehead atoms. The lowest BCUT2D eigenvalue weighted by atomic mass is 9.96. The summed E-state index contributed by atoms with van der Waals surface area (Å²) in [5.74, 6) is 0.0965. The van der Waals surface area contributed by atoms with Crippen LogP contribution in [0.2, 0.25) is 0 Å². The molecular weight excluding hydrogens is 336 g/mol. The maximum Gasteiger partial charge on any atom is 0.251 e. The summed E-state index contributed by atoms with van der Waals surface area (Å²) in [7, 11) is 0. The highest BCUT2D eigenvalue weighted by Gasteiger charge is 2.26. The van der Waals surface area contributed by atoms with E-state index in [0.29, 0.717) is 18.0 Å². The molecule has 2 rings (SSSR count). The van der Waals surface area contributed by atoms with Crippen LogP contribution in [0.3, 0.4) is 0 Å². The summed E-state index contributed by atoms with van der Waals surface area (Å²) in [4.78, 5) is 25.2. The Morgan fingerprint density at radius 2 is 1.52 bits per heavy atom. The van der Waals surface area contributed by atoms with E-state index in [-0.39, 0.29) is 17.7 Å². The van der Waals surface area contributed by atoms with Crippen LogP contribution in [-0.2, 0) is 4.79 Å². The third-order valence-corrected chi connectivity index (χ3v) is 5.06. The maximum atomic E-state index is 12.7. The van der Waals surface area contributed by atoms with Crippen LogP contribution >= 0.6 is 0 Å². The molecule has 27 heavy (non-hydrogen) atoms. The van der Waals surface area contributed by atoms with E-state index in [1.807, 2.05) is 50.2 Å². The Hall–Kier alpha value is -2.62. The van der Waals surface area contributed by atoms with Crippen molar-refractivity contribution in [2.45, 2.75) is 45.6 Å². The number of amides is 2. The maximum absolute atomic E-state index is 12.7. The first-order valence-corrected chi connectivity index (χ1v) is 9.71. The van der Waals surface area contributed by atoms with E-state index in [1.165, 1.54) is 5.56 Å². The Labute approximate surface area is 162 Å². The Balaban J connectivity index is 1.91. The van der Waals surface area contributed by atoms with Crippen LogP contribution in [0, 0.1) is 5.92 Å². The van der Waals surface area contributed by atoms with E-state index in [0.717, 1.165) is 12.8 Å². The lowest BCUT2D eigenvalue weighted by Gasteiger charge is -2.24. The fourth-order valence-electron chi connectivity index (χ4n) is 2.99. The topological polar surface area (TPSA) is 58.2 Å². The van der Waals surface area contributed by atoms with Crippen molar-refractivity contribution in [1.82, 2.24) is 10.6 Å². The molecule has 4 heteroatoms. The van der Waals surface area contributed by atoms with E-state index in [4.69, 9.17) is 0 Å². The van der Waals surface area contributed by atoms with Gasteiger partial charge in [0, 0.05) is 12.1 Å². The van der Waals surface area contributed by atoms with Crippen LogP contribution in [0.25, 0.3) is 0 Å². The third-order valence-electron chi connectivity index (χ3n) is 5.06. The molecule has 0 radical (unpaired) electrons. The Morgan fingerprint density at radius 1 is 0.926 bits per heavy atom. The van der Waals surface area contributed by atoms with Crippen LogP contribution in [-0.4, -0.2) is 24.4 Å². The summed E-state index contributed by atoms with van der Waals surface area (Å²) in [6, 6.07) is 18.7. The molecule has 2 N–H and O–H groups in total. The normalized spacial score (nSPS) is 14.0. The summed E-state index contributed by atoms with van der Waals surface area (Å²) >= 11 is 0. The van der Waals surface area contributed by atoms with Crippen LogP contribution < -0.4 is 10.6 Å². The highest BCUT2D eigenvalue weighted by molar-refractivity contribution is 5.97. The van der Waals surface area contributed by atoms with Gasteiger partial charge in [0.1, 0.15) is 6.04 Å². The van der Waals surface area contributed by atoms with Crippen LogP contribution in [0.15, 0.2) is 60.7 Å². The van der Waals surface area contributed by atoms with Gasteiger partial charge in [-0.2, -0.15) is 0 Å². The van der Waals surface area contributed by atoms with Gasteiger partial charge in [-0.05, 0) is 36.0 Å². The third kappa shape index (κ3) is 6.24. The monoisotopic (exact) mass is 366 g/mol. The minimum Gasteiger partial charge on any atom is -0.354 e. The second-order valence-electron chi connectivity index (χ2n) is 7.09. The number of carbonyl (C=O) groups is 2. The molecule has 0 fully saturated rings. The van der Waals surface area contributed by atoms with Gasteiger partial charge in [-0.15, -0.1) is 0 Å². The number of carbonyl (C=O) groups excluding carboxylic acids is 2. The van der Waals surface area contributed by atoms with Gasteiger partial charge < -0.3 is 10.6 Å². The Bertz CT molecular complexity index is 716. The van der Waals surface area contributed by atoms with Gasteiger partial charge in [0.05, 0.1) is 0 Å². The highest BCUT2D eigenvalue weighted by atomic mass is 16.2. The van der Waals surface area contributed by atoms with Gasteiger partial charge in [0.2, 0.25) is 5.91 Å². The first-order valence-electron chi connectivity index (χ1n) is 9.71. The van der Waals surface area contributed by atoms with Crippen molar-refractivity contribution >= 4 is 11.8 Å². The van der Waals surface area contributed by atoms with Crippen molar-refractivity contribution < 1.29 is 9.59 Å². The van der Waals surface area contributed by atoms with Crippen molar-refractivity contribution in [3.05, 3.63) is 71.8 Å². The summed E-state index contributed by atoms with van der Waals surface area (Å²) < 4.78 is 0. The molecule has 2 amide bonds. The van der Waals surface area contributed by atoms with E-state index < -0.39 is 6.04 Å². The number of rotatable bonds is 9. The molecule has 0 saturated carbocycles. The van der Waals surface area contributed by atoms with Crippen molar-refractivity contribution in [3.63, 3.8) is 0 Å². The lowest BCUT2D eigenvalue weighted by molar-refractivity contribution is -0.124. The smallest absolute Gasteiger partial charge is 0.251 e. The van der Waals surface area contributed by atoms with Crippen molar-refractivity contribution in [1.29, 1.82) is 0 Å². The number of nitrogens with one attached hydrogen (secondary N) is 2. The van der Waals surface area contributed by atoms with Crippen LogP contribution in [0.1, 0.15) is 55.5 Å². The van der Waals surface area contributed by atoms with Gasteiger partial charge in [-0.3, -0.25) is 9.59 Å². The molecule has 2 aromatic rings. The molecule has 144 valence electrons. The van der Waals surface area contributed by atoms with E-state index in [9.17, 15) is 9.59 Å². The molecule has 0 aliphatic heterocycles. The first-order chi connectivity index (χ1) is 13.0. The zero-order chi connectivity index (χ0) is 19.6. The Kier molecular flexibility index (Phi) is 8.05. The van der Waals surface area contributed by atoms with Gasteiger partial charge >= 0.3 is 0 Å². The average Bonchev–Trinajstić information content (AvgIpc) is 2.72. The molecule has 3 unspecified atom stereocenters. The van der Waals surface area contributed by atoms with Gasteiger partial charge in [-0.1, -0.05) is 75.7 Å². The first kappa shape index (κ1) is 20.7. The van der Waals surface area contributed by atoms with Crippen molar-refractivity contribution in [2.24, 2.45) is 5.92 Å². The van der Waals surface area contributed by atoms with E-state index in [1.54, 1.807) is 12.1 Å². The predicted molar refractivity (Wildman–Crippen MR) is 110 cm³/mol. The fraction of sp³-hybridized carbons (Fsp3) is 0.391. The average molecular weight is 367 g/mol. The standard InChI is InChI=1S/C23H30N2O2/c1-4-17(2)21(25-22(26)20-13-9-6-10-14-20)23(27)24-16-15-18(3)19-11-7-5-8-12-19/h5-14,17-18,21H,4,15-16H2,1-3H3,(H,24,27)(H,25,26). The van der Waals surface area contributed by atoms with Crippen LogP contribution in [0.4, 0.5) is 0 Å². The number of benzene rings is 2. The summed E-state index contributed by atoms with van der Waals surface area (Å²) in [6.07, 6.45) is 1.67. The molecule has 3 atom stereocenters. The van der Waals surface area contributed by atoms with Gasteiger partial charge in [-0.25, -0.2) is 0 Å². The predicted octanol–water partition coefficient (Wildman–Crippen LogP) is 4.14. The second kappa shape index (κ2) is 10.5. The van der Waals surface area contributed by atoms with E-state index >= 15 is 0 Å². The van der Waals surface area contributed by atoms with Crippen LogP contribution in [0.5, 0.6) is 0 Å². The zero-order valence-corrected chi connectivity index (χ0v) is 16.4. The number of hydrogen-bond acceptors (Lipinski definition) is 2. The van der Waals surface area contributed by atoms with Gasteiger partial charge in [0.25, 0.3) is 5.91 Å². The largest absolute Gasteiger partial charge is 0.354 e. The minimum absolute atomic E-state index is 0.0595. The quantitative estimate of drug-likeness (QED) is 0.701. The molecular formula is C23H30N2O2. The summed E-state index contributed by atoms with van der Waals surface area (Å²) in [6.45, 7) is 6.76. The molecule has 0 heterocycles. The molecule has 0 aromatic heterocycles. The molecule has 0 spiro atoms. The van der Waals surface area contributed by atoms with Crippen molar-refractivity contribution in [2.75, 3.05) is 6.54 Å². The molecule has 4 nitrogen and oxygen atoms in total. The highest BCUT2D eigenvalue weighted by Crippen LogP contribution is 2.17. The second-order valence-corrected chi connectivity index (χ2v) is 7.09. The lowest BCUT2D eigenvalue weighted by Crippen LogP contribution is -2.50. The summed E-state index contributed by atoms with van der Waals surface area (Å²) in [5, 5.41) is 5.90. The minimum atomic E-state index is -0.533. The molecule has 0 saturated heterocycles. The fourth-order valence-corrected chi connectivity index (χ4v) is 2.99. The summed E-state index contributed by atoms with van der Waals surface area (Å²) in [5.41, 5.74) is 1.83. The number of hydrogen-bond donors (Lipinski definition) is 2. The SMILES string of the molecule is CCC(C)C(NC(=O)c1ccccc1)C(=O)NCCC(C)c1ccccc1. The van der Waals surface area contributed by atoms with Crippen molar-refractivity contribution in [3.8, 4) is 0 Å². The molecule has 0 aliphatic carbocycles. The van der Waals surface area contributed by atoms with Gasteiger partial charge in [0.15, 0.2) is 0 Å².